The lowest BCUT2D eigenvalue weighted by Crippen LogP contribution is -2.54. The van der Waals surface area contributed by atoms with Crippen LogP contribution in [0.4, 0.5) is 0 Å². The van der Waals surface area contributed by atoms with Crippen molar-refractivity contribution in [1.29, 1.82) is 0 Å². The van der Waals surface area contributed by atoms with Gasteiger partial charge in [0, 0.05) is 6.54 Å². The number of aliphatic carboxylic acids is 2. The summed E-state index contributed by atoms with van der Waals surface area (Å²) in [6, 6.07) is -2.23. The number of nitrogens with zero attached hydrogens (tertiary/aromatic N) is 1. The number of nitrogens with one attached hydrogen (secondary N) is 1. The van der Waals surface area contributed by atoms with Crippen LogP contribution in [0, 0.1) is 0 Å². The largest absolute Gasteiger partial charge is 0.480 e. The zero-order valence-corrected chi connectivity index (χ0v) is 10.5. The SMILES string of the molecule is C[C@@H](NC(=O)C(=O)N1CCCC[C@H]1C(=O)O)C(=O)O. The first-order chi connectivity index (χ1) is 8.84. The van der Waals surface area contributed by atoms with E-state index in [2.05, 4.69) is 0 Å². The van der Waals surface area contributed by atoms with Gasteiger partial charge in [-0.1, -0.05) is 0 Å². The molecular weight excluding hydrogens is 256 g/mol. The Balaban J connectivity index is 2.71. The number of carboxylic acid groups (broad SMARTS) is 2. The van der Waals surface area contributed by atoms with Crippen molar-refractivity contribution in [2.75, 3.05) is 6.54 Å². The first kappa shape index (κ1) is 14.9. The molecule has 0 aromatic heterocycles. The highest BCUT2D eigenvalue weighted by molar-refractivity contribution is 6.35. The minimum atomic E-state index is -1.27. The number of hydrogen-bond acceptors (Lipinski definition) is 4. The first-order valence-corrected chi connectivity index (χ1v) is 5.91. The van der Waals surface area contributed by atoms with Gasteiger partial charge in [0.2, 0.25) is 0 Å². The minimum Gasteiger partial charge on any atom is -0.480 e. The highest BCUT2D eigenvalue weighted by Gasteiger charge is 2.35. The topological polar surface area (TPSA) is 124 Å². The normalized spacial score (nSPS) is 20.5. The van der Waals surface area contributed by atoms with Gasteiger partial charge in [0.15, 0.2) is 0 Å². The second-order valence-electron chi connectivity index (χ2n) is 4.38. The molecule has 0 radical (unpaired) electrons. The fourth-order valence-corrected chi connectivity index (χ4v) is 1.88. The molecule has 0 aliphatic carbocycles. The van der Waals surface area contributed by atoms with Crippen molar-refractivity contribution in [2.45, 2.75) is 38.3 Å². The smallest absolute Gasteiger partial charge is 0.326 e. The number of hydrogen-bond donors (Lipinski definition) is 3. The Morgan fingerprint density at radius 2 is 1.84 bits per heavy atom. The van der Waals surface area contributed by atoms with Crippen LogP contribution in [-0.4, -0.2) is 57.5 Å². The molecule has 1 rings (SSSR count). The molecule has 8 heteroatoms. The lowest BCUT2D eigenvalue weighted by atomic mass is 10.0. The molecule has 1 saturated heterocycles. The standard InChI is InChI=1S/C11H16N2O6/c1-6(10(16)17)12-8(14)9(15)13-5-3-2-4-7(13)11(18)19/h6-7H,2-5H2,1H3,(H,12,14)(H,16,17)(H,18,19)/t6-,7+/m1/s1. The van der Waals surface area contributed by atoms with Gasteiger partial charge in [-0.2, -0.15) is 0 Å². The summed E-state index contributed by atoms with van der Waals surface area (Å²) in [6.07, 6.45) is 1.59. The second kappa shape index (κ2) is 6.17. The Kier molecular flexibility index (Phi) is 4.85. The molecule has 3 N–H and O–H groups in total. The van der Waals surface area contributed by atoms with E-state index in [1.54, 1.807) is 0 Å². The Morgan fingerprint density at radius 3 is 2.37 bits per heavy atom. The van der Waals surface area contributed by atoms with E-state index in [0.29, 0.717) is 19.3 Å². The number of carboxylic acids is 2. The van der Waals surface area contributed by atoms with Crippen LogP contribution in [0.15, 0.2) is 0 Å². The summed E-state index contributed by atoms with van der Waals surface area (Å²) in [5, 5.41) is 19.6. The fourth-order valence-electron chi connectivity index (χ4n) is 1.88. The molecule has 0 aromatic carbocycles. The van der Waals surface area contributed by atoms with Gasteiger partial charge in [0.05, 0.1) is 0 Å². The molecule has 1 heterocycles. The van der Waals surface area contributed by atoms with E-state index in [4.69, 9.17) is 10.2 Å². The maximum atomic E-state index is 11.8. The summed E-state index contributed by atoms with van der Waals surface area (Å²) in [7, 11) is 0. The van der Waals surface area contributed by atoms with Crippen LogP contribution in [0.25, 0.3) is 0 Å². The molecule has 0 spiro atoms. The van der Waals surface area contributed by atoms with Crippen molar-refractivity contribution < 1.29 is 29.4 Å². The van der Waals surface area contributed by atoms with E-state index >= 15 is 0 Å². The minimum absolute atomic E-state index is 0.185. The van der Waals surface area contributed by atoms with E-state index in [9.17, 15) is 19.2 Å². The fraction of sp³-hybridized carbons (Fsp3) is 0.636. The van der Waals surface area contributed by atoms with Gasteiger partial charge in [0.1, 0.15) is 12.1 Å². The molecule has 2 atom stereocenters. The van der Waals surface area contributed by atoms with Crippen molar-refractivity contribution >= 4 is 23.8 Å². The van der Waals surface area contributed by atoms with Gasteiger partial charge in [0.25, 0.3) is 0 Å². The van der Waals surface area contributed by atoms with Crippen LogP contribution in [0.5, 0.6) is 0 Å². The number of piperidine rings is 1. The average Bonchev–Trinajstić information content (AvgIpc) is 2.37. The number of rotatable bonds is 3. The van der Waals surface area contributed by atoms with Gasteiger partial charge >= 0.3 is 23.8 Å². The molecule has 8 nitrogen and oxygen atoms in total. The van der Waals surface area contributed by atoms with Gasteiger partial charge in [-0.25, -0.2) is 4.79 Å². The van der Waals surface area contributed by atoms with E-state index in [1.807, 2.05) is 5.32 Å². The van der Waals surface area contributed by atoms with Crippen LogP contribution < -0.4 is 5.32 Å². The van der Waals surface area contributed by atoms with Crippen LogP contribution in [-0.2, 0) is 19.2 Å². The summed E-state index contributed by atoms with van der Waals surface area (Å²) >= 11 is 0. The van der Waals surface area contributed by atoms with E-state index < -0.39 is 35.8 Å². The van der Waals surface area contributed by atoms with Crippen molar-refractivity contribution in [3.63, 3.8) is 0 Å². The van der Waals surface area contributed by atoms with Crippen LogP contribution in [0.2, 0.25) is 0 Å². The summed E-state index contributed by atoms with van der Waals surface area (Å²) in [5.74, 6) is -4.52. The molecule has 1 fully saturated rings. The molecule has 106 valence electrons. The maximum absolute atomic E-state index is 11.8. The summed E-state index contributed by atoms with van der Waals surface area (Å²) < 4.78 is 0. The first-order valence-electron chi connectivity index (χ1n) is 5.91. The maximum Gasteiger partial charge on any atom is 0.326 e. The predicted octanol–water partition coefficient (Wildman–Crippen LogP) is -0.959. The Labute approximate surface area is 109 Å². The van der Waals surface area contributed by atoms with Crippen LogP contribution >= 0.6 is 0 Å². The molecular formula is C11H16N2O6. The number of likely N-dealkylation sites (tertiary alicyclic amines) is 1. The molecule has 1 aliphatic rings. The molecule has 19 heavy (non-hydrogen) atoms. The van der Waals surface area contributed by atoms with Crippen molar-refractivity contribution in [3.05, 3.63) is 0 Å². The predicted molar refractivity (Wildman–Crippen MR) is 62.2 cm³/mol. The zero-order valence-electron chi connectivity index (χ0n) is 10.5. The van der Waals surface area contributed by atoms with Crippen LogP contribution in [0.3, 0.4) is 0 Å². The lowest BCUT2D eigenvalue weighted by Gasteiger charge is -2.32. The third kappa shape index (κ3) is 3.67. The zero-order chi connectivity index (χ0) is 14.6. The Morgan fingerprint density at radius 1 is 1.21 bits per heavy atom. The average molecular weight is 272 g/mol. The van der Waals surface area contributed by atoms with Gasteiger partial charge < -0.3 is 20.4 Å². The number of amides is 2. The molecule has 2 amide bonds. The van der Waals surface area contributed by atoms with Crippen LogP contribution in [0.1, 0.15) is 26.2 Å². The number of carbonyl (C=O) groups excluding carboxylic acids is 2. The number of carbonyl (C=O) groups is 4. The van der Waals surface area contributed by atoms with E-state index in [1.165, 1.54) is 6.92 Å². The highest BCUT2D eigenvalue weighted by atomic mass is 16.4. The molecule has 0 aromatic rings. The molecule has 0 unspecified atom stereocenters. The van der Waals surface area contributed by atoms with Gasteiger partial charge in [-0.05, 0) is 26.2 Å². The van der Waals surface area contributed by atoms with Crippen molar-refractivity contribution in [3.8, 4) is 0 Å². The van der Waals surface area contributed by atoms with Gasteiger partial charge in [-0.3, -0.25) is 14.4 Å². The second-order valence-corrected chi connectivity index (χ2v) is 4.38. The lowest BCUT2D eigenvalue weighted by molar-refractivity contribution is -0.157. The third-order valence-electron chi connectivity index (χ3n) is 2.96. The van der Waals surface area contributed by atoms with Gasteiger partial charge in [-0.15, -0.1) is 0 Å². The monoisotopic (exact) mass is 272 g/mol. The van der Waals surface area contributed by atoms with Crippen molar-refractivity contribution in [2.24, 2.45) is 0 Å². The highest BCUT2D eigenvalue weighted by Crippen LogP contribution is 2.17. The molecule has 0 bridgehead atoms. The summed E-state index contributed by atoms with van der Waals surface area (Å²) in [6.45, 7) is 1.41. The summed E-state index contributed by atoms with van der Waals surface area (Å²) in [5.41, 5.74) is 0. The quantitative estimate of drug-likeness (QED) is 0.568. The Hall–Kier alpha value is -2.12. The third-order valence-corrected chi connectivity index (χ3v) is 2.96. The molecule has 0 saturated carbocycles. The Bertz CT molecular complexity index is 408. The van der Waals surface area contributed by atoms with E-state index in [0.717, 1.165) is 4.90 Å². The van der Waals surface area contributed by atoms with Crippen molar-refractivity contribution in [1.82, 2.24) is 10.2 Å². The summed E-state index contributed by atoms with van der Waals surface area (Å²) in [4.78, 5) is 46.0. The molecule has 1 aliphatic heterocycles. The van der Waals surface area contributed by atoms with E-state index in [-0.39, 0.29) is 6.54 Å².